The zero-order chi connectivity index (χ0) is 35.8. The van der Waals surface area contributed by atoms with Gasteiger partial charge in [0.15, 0.2) is 0 Å². The van der Waals surface area contributed by atoms with Gasteiger partial charge in [-0.05, 0) is 47.2 Å². The molecule has 0 unspecified atom stereocenters. The lowest BCUT2D eigenvalue weighted by Crippen LogP contribution is -2.52. The lowest BCUT2D eigenvalue weighted by atomic mass is 9.36. The summed E-state index contributed by atoms with van der Waals surface area (Å²) < 4.78 is 0. The molecule has 9 rings (SSSR count). The van der Waals surface area contributed by atoms with Crippen molar-refractivity contribution >= 4 is 46.2 Å². The molecule has 1 aliphatic rings. The molecule has 0 atom stereocenters. The fourth-order valence-corrected chi connectivity index (χ4v) is 8.85. The second kappa shape index (κ2) is 13.8. The molecule has 0 amide bonds. The SMILES string of the molecule is Cc1ccc(C2(c3ccc(C)cc3)c3cc(B(c4ccccc4)c4ccccc4)ccc3-c3ccc(B(c4ccccc4)c4ccccc4)cc32)cc1. The van der Waals surface area contributed by atoms with Crippen molar-refractivity contribution < 1.29 is 0 Å². The Labute approximate surface area is 315 Å². The molecule has 0 fully saturated rings. The first-order chi connectivity index (χ1) is 26.1. The van der Waals surface area contributed by atoms with Crippen molar-refractivity contribution in [2.75, 3.05) is 0 Å². The fourth-order valence-electron chi connectivity index (χ4n) is 8.85. The van der Waals surface area contributed by atoms with Crippen molar-refractivity contribution in [3.05, 3.63) is 240 Å². The van der Waals surface area contributed by atoms with E-state index in [2.05, 4.69) is 220 Å². The first-order valence-corrected chi connectivity index (χ1v) is 18.7. The maximum Gasteiger partial charge on any atom is 0.241 e. The van der Waals surface area contributed by atoms with Gasteiger partial charge in [-0.15, -0.1) is 0 Å². The number of fused-ring (bicyclic) bond motifs is 3. The normalized spacial score (nSPS) is 12.5. The average Bonchev–Trinajstić information content (AvgIpc) is 3.50. The fraction of sp³-hybridized carbons (Fsp3) is 0.0588. The Hall–Kier alpha value is -6.11. The van der Waals surface area contributed by atoms with Gasteiger partial charge in [-0.3, -0.25) is 0 Å². The van der Waals surface area contributed by atoms with Crippen molar-refractivity contribution in [1.29, 1.82) is 0 Å². The van der Waals surface area contributed by atoms with Gasteiger partial charge in [0.25, 0.3) is 0 Å². The van der Waals surface area contributed by atoms with Crippen LogP contribution in [-0.4, -0.2) is 13.4 Å². The molecule has 2 heteroatoms. The van der Waals surface area contributed by atoms with E-state index in [1.807, 2.05) is 0 Å². The highest BCUT2D eigenvalue weighted by Crippen LogP contribution is 2.55. The summed E-state index contributed by atoms with van der Waals surface area (Å²) in [5.41, 5.74) is 17.6. The van der Waals surface area contributed by atoms with Gasteiger partial charge in [0.2, 0.25) is 13.4 Å². The largest absolute Gasteiger partial charge is 0.241 e. The molecule has 0 radical (unpaired) electrons. The molecule has 250 valence electrons. The summed E-state index contributed by atoms with van der Waals surface area (Å²) in [4.78, 5) is 0. The first-order valence-electron chi connectivity index (χ1n) is 18.7. The molecule has 0 bridgehead atoms. The predicted octanol–water partition coefficient (Wildman–Crippen LogP) is 7.70. The number of benzene rings is 8. The Balaban J connectivity index is 1.35. The van der Waals surface area contributed by atoms with Gasteiger partial charge in [0.1, 0.15) is 0 Å². The smallest absolute Gasteiger partial charge is 0.0687 e. The van der Waals surface area contributed by atoms with Crippen LogP contribution < -0.4 is 32.8 Å². The molecule has 1 aliphatic carbocycles. The molecule has 0 aromatic heterocycles. The van der Waals surface area contributed by atoms with Crippen LogP contribution in [0.25, 0.3) is 11.1 Å². The van der Waals surface area contributed by atoms with Gasteiger partial charge in [-0.1, -0.05) is 250 Å². The zero-order valence-electron chi connectivity index (χ0n) is 30.3. The average molecular weight is 675 g/mol. The molecule has 8 aromatic rings. The van der Waals surface area contributed by atoms with E-state index in [0.717, 1.165) is 0 Å². The van der Waals surface area contributed by atoms with Gasteiger partial charge in [0, 0.05) is 0 Å². The van der Waals surface area contributed by atoms with E-state index < -0.39 is 5.41 Å². The number of aryl methyl sites for hydroxylation is 2. The topological polar surface area (TPSA) is 0 Å². The number of rotatable bonds is 8. The molecule has 0 saturated heterocycles. The van der Waals surface area contributed by atoms with Crippen LogP contribution in [0, 0.1) is 13.8 Å². The van der Waals surface area contributed by atoms with E-state index in [0.29, 0.717) is 0 Å². The third-order valence-electron chi connectivity index (χ3n) is 11.4. The molecule has 0 aliphatic heterocycles. The van der Waals surface area contributed by atoms with Crippen molar-refractivity contribution in [3.63, 3.8) is 0 Å². The first kappa shape index (κ1) is 32.8. The molecular formula is C51H40B2. The van der Waals surface area contributed by atoms with Gasteiger partial charge < -0.3 is 0 Å². The van der Waals surface area contributed by atoms with Crippen LogP contribution in [0.2, 0.25) is 0 Å². The molecule has 0 N–H and O–H groups in total. The molecule has 0 spiro atoms. The van der Waals surface area contributed by atoms with Crippen molar-refractivity contribution in [2.24, 2.45) is 0 Å². The van der Waals surface area contributed by atoms with E-state index in [1.165, 1.54) is 77.3 Å². The highest BCUT2D eigenvalue weighted by Gasteiger charge is 2.47. The Kier molecular flexibility index (Phi) is 8.53. The van der Waals surface area contributed by atoms with Gasteiger partial charge in [-0.2, -0.15) is 0 Å². The minimum atomic E-state index is -0.534. The molecule has 53 heavy (non-hydrogen) atoms. The summed E-state index contributed by atoms with van der Waals surface area (Å²) in [6, 6.07) is 77.1. The molecule has 0 nitrogen and oxygen atoms in total. The van der Waals surface area contributed by atoms with Gasteiger partial charge >= 0.3 is 0 Å². The lowest BCUT2D eigenvalue weighted by Gasteiger charge is -2.35. The summed E-state index contributed by atoms with van der Waals surface area (Å²) in [5.74, 6) is 0. The predicted molar refractivity (Wildman–Crippen MR) is 228 cm³/mol. The van der Waals surface area contributed by atoms with Crippen LogP contribution in [-0.2, 0) is 5.41 Å². The highest BCUT2D eigenvalue weighted by atomic mass is 14.5. The minimum Gasteiger partial charge on any atom is -0.0687 e. The van der Waals surface area contributed by atoms with E-state index in [9.17, 15) is 0 Å². The molecule has 0 heterocycles. The van der Waals surface area contributed by atoms with E-state index in [1.54, 1.807) is 0 Å². The second-order valence-electron chi connectivity index (χ2n) is 14.6. The Morgan fingerprint density at radius 2 is 0.604 bits per heavy atom. The van der Waals surface area contributed by atoms with Crippen LogP contribution in [0.4, 0.5) is 0 Å². The van der Waals surface area contributed by atoms with Crippen LogP contribution in [0.15, 0.2) is 206 Å². The highest BCUT2D eigenvalue weighted by molar-refractivity contribution is 6.96. The summed E-state index contributed by atoms with van der Waals surface area (Å²) >= 11 is 0. The molecule has 0 saturated carbocycles. The van der Waals surface area contributed by atoms with E-state index in [4.69, 9.17) is 0 Å². The number of hydrogen-bond donors (Lipinski definition) is 0. The van der Waals surface area contributed by atoms with Crippen LogP contribution in [0.1, 0.15) is 33.4 Å². The summed E-state index contributed by atoms with van der Waals surface area (Å²) in [7, 11) is 0. The van der Waals surface area contributed by atoms with Gasteiger partial charge in [-0.25, -0.2) is 0 Å². The monoisotopic (exact) mass is 674 g/mol. The van der Waals surface area contributed by atoms with Crippen molar-refractivity contribution in [1.82, 2.24) is 0 Å². The minimum absolute atomic E-state index is 0.0938. The van der Waals surface area contributed by atoms with Crippen molar-refractivity contribution in [2.45, 2.75) is 19.3 Å². The third kappa shape index (κ3) is 5.76. The second-order valence-corrected chi connectivity index (χ2v) is 14.6. The van der Waals surface area contributed by atoms with Crippen LogP contribution in [0.5, 0.6) is 0 Å². The van der Waals surface area contributed by atoms with Crippen LogP contribution in [0.3, 0.4) is 0 Å². The van der Waals surface area contributed by atoms with Crippen LogP contribution >= 0.6 is 0 Å². The van der Waals surface area contributed by atoms with Gasteiger partial charge in [0.05, 0.1) is 5.41 Å². The maximum atomic E-state index is 2.53. The van der Waals surface area contributed by atoms with E-state index >= 15 is 0 Å². The molecular weight excluding hydrogens is 634 g/mol. The summed E-state index contributed by atoms with van der Waals surface area (Å²) in [6.45, 7) is 4.56. The third-order valence-corrected chi connectivity index (χ3v) is 11.4. The Morgan fingerprint density at radius 1 is 0.302 bits per heavy atom. The van der Waals surface area contributed by atoms with Crippen molar-refractivity contribution in [3.8, 4) is 11.1 Å². The Bertz CT molecular complexity index is 2230. The Morgan fingerprint density at radius 3 is 0.906 bits per heavy atom. The lowest BCUT2D eigenvalue weighted by molar-refractivity contribution is 0.769. The maximum absolute atomic E-state index is 2.53. The molecule has 8 aromatic carbocycles. The number of hydrogen-bond acceptors (Lipinski definition) is 0. The summed E-state index contributed by atoms with van der Waals surface area (Å²) in [6.07, 6.45) is 0. The standard InChI is InChI=1S/C51H40B2/c1-37-23-27-39(28-24-37)51(40-29-25-38(2)26-30-40)49-35-45(52(41-15-7-3-8-16-41)42-17-9-4-10-18-42)31-33-47(49)48-34-32-46(36-50(48)51)53(43-19-11-5-12-20-43)44-21-13-6-14-22-44/h3-36H,1-2H3. The van der Waals surface area contributed by atoms with E-state index in [-0.39, 0.29) is 13.4 Å². The summed E-state index contributed by atoms with van der Waals surface area (Å²) in [5, 5.41) is 0. The quantitative estimate of drug-likeness (QED) is 0.145. The zero-order valence-corrected chi connectivity index (χ0v) is 30.3.